The van der Waals surface area contributed by atoms with Crippen LogP contribution in [0.1, 0.15) is 0 Å². The van der Waals surface area contributed by atoms with Gasteiger partial charge in [-0.25, -0.2) is 0 Å². The van der Waals surface area contributed by atoms with Gasteiger partial charge in [0.1, 0.15) is 0 Å². The van der Waals surface area contributed by atoms with E-state index >= 15 is 0 Å². The summed E-state index contributed by atoms with van der Waals surface area (Å²) < 4.78 is 0. The predicted molar refractivity (Wildman–Crippen MR) is 14.6 cm³/mol. The Bertz CT molecular complexity index is 23.0. The first-order valence-corrected chi connectivity index (χ1v) is 2.68. The van der Waals surface area contributed by atoms with Crippen LogP contribution in [0.3, 0.4) is 0 Å². The van der Waals surface area contributed by atoms with E-state index in [0.29, 0.717) is 0 Å². The molecule has 0 aromatic carbocycles. The van der Waals surface area contributed by atoms with Crippen LogP contribution in [0.5, 0.6) is 0 Å². The largest absolute Gasteiger partial charge is 0.668 e. The van der Waals surface area contributed by atoms with Gasteiger partial charge < -0.3 is 19.2 Å². The van der Waals surface area contributed by atoms with Crippen LogP contribution >= 0.6 is 0 Å². The maximum atomic E-state index is 7.33. The van der Waals surface area contributed by atoms with Crippen LogP contribution in [-0.2, 0) is 0 Å². The van der Waals surface area contributed by atoms with Gasteiger partial charge in [-0.2, -0.15) is 0 Å². The molecule has 4 N–H and O–H groups in total. The summed E-state index contributed by atoms with van der Waals surface area (Å²) in [5, 5.41) is 0. The summed E-state index contributed by atoms with van der Waals surface area (Å²) in [5.74, 6) is 0. The summed E-state index contributed by atoms with van der Waals surface area (Å²) in [5.41, 5.74) is 0. The maximum Gasteiger partial charge on any atom is 0.668 e. The fourth-order valence-electron chi connectivity index (χ4n) is 0. The molecule has 0 aliphatic rings. The average Bonchev–Trinajstić information content (AvgIpc) is 0.722. The summed E-state index contributed by atoms with van der Waals surface area (Å²) in [6.07, 6.45) is 0. The Morgan fingerprint density at radius 3 is 0.833 bits per heavy atom. The van der Waals surface area contributed by atoms with Crippen LogP contribution in [0.25, 0.3) is 0 Å². The first kappa shape index (κ1) is 10.3. The van der Waals surface area contributed by atoms with E-state index in [1.807, 2.05) is 0 Å². The third-order valence-corrected chi connectivity index (χ3v) is 0. The molecule has 0 unspecified atom stereocenters. The molecule has 0 aromatic heterocycles. The number of hydrogen-bond acceptors (Lipinski definition) is 4. The van der Waals surface area contributed by atoms with E-state index in [-0.39, 0.29) is 37.7 Å². The molecular formula is H4ArO4Si. The normalized spacial score (nSPS) is 10.0. The molecule has 0 amide bonds. The van der Waals surface area contributed by atoms with E-state index in [2.05, 4.69) is 0 Å². The van der Waals surface area contributed by atoms with Crippen LogP contribution < -0.4 is 0 Å². The van der Waals surface area contributed by atoms with E-state index in [9.17, 15) is 0 Å². The zero-order chi connectivity index (χ0) is 4.50. The van der Waals surface area contributed by atoms with E-state index in [1.165, 1.54) is 0 Å². The van der Waals surface area contributed by atoms with Crippen molar-refractivity contribution in [1.29, 1.82) is 0 Å². The molecule has 0 aliphatic carbocycles. The standard InChI is InChI=1S/Ar.H4O4Si/c;1-5(2,3)4/h;1-4H. The van der Waals surface area contributed by atoms with Crippen molar-refractivity contribution in [2.75, 3.05) is 0 Å². The zero-order valence-corrected chi connectivity index (χ0v) is 4.35. The summed E-state index contributed by atoms with van der Waals surface area (Å²) in [4.78, 5) is 29.3. The minimum atomic E-state index is -4.61. The topological polar surface area (TPSA) is 80.9 Å². The molecule has 40 valence electrons. The molecule has 0 radical (unpaired) electrons. The van der Waals surface area contributed by atoms with Crippen LogP contribution in [-0.4, -0.2) is 28.2 Å². The molecule has 0 saturated heterocycles. The minimum Gasteiger partial charge on any atom is -0.368 e. The summed E-state index contributed by atoms with van der Waals surface area (Å²) in [6.45, 7) is 0. The fourth-order valence-corrected chi connectivity index (χ4v) is 0. The Hall–Kier alpha value is 1.32. The smallest absolute Gasteiger partial charge is 0.368 e. The van der Waals surface area contributed by atoms with Crippen LogP contribution in [0.4, 0.5) is 0 Å². The zero-order valence-electron chi connectivity index (χ0n) is 2.64. The minimum absolute atomic E-state index is 0. The Morgan fingerprint density at radius 1 is 0.833 bits per heavy atom. The summed E-state index contributed by atoms with van der Waals surface area (Å²) in [7, 11) is -4.61. The second-order valence-electron chi connectivity index (χ2n) is 0.600. The molecule has 0 atom stereocenters. The Balaban J connectivity index is 0. The molecule has 0 aromatic rings. The summed E-state index contributed by atoms with van der Waals surface area (Å²) in [6, 6.07) is 0. The summed E-state index contributed by atoms with van der Waals surface area (Å²) >= 11 is 0. The van der Waals surface area contributed by atoms with Crippen LogP contribution in [0, 0.1) is 37.7 Å². The van der Waals surface area contributed by atoms with E-state index in [4.69, 9.17) is 19.2 Å². The van der Waals surface area contributed by atoms with Gasteiger partial charge in [-0.1, -0.05) is 0 Å². The van der Waals surface area contributed by atoms with E-state index < -0.39 is 9.05 Å². The second kappa shape index (κ2) is 3.34. The van der Waals surface area contributed by atoms with Gasteiger partial charge >= 0.3 is 9.05 Å². The average molecular weight is 136 g/mol. The van der Waals surface area contributed by atoms with Crippen LogP contribution in [0.15, 0.2) is 0 Å². The maximum absolute atomic E-state index is 7.33. The molecule has 6 heavy (non-hydrogen) atoms. The Labute approximate surface area is 65.5 Å². The first-order valence-electron chi connectivity index (χ1n) is 0.894. The van der Waals surface area contributed by atoms with Crippen LogP contribution in [0.2, 0.25) is 0 Å². The molecule has 0 saturated carbocycles. The van der Waals surface area contributed by atoms with Crippen molar-refractivity contribution in [2.24, 2.45) is 0 Å². The van der Waals surface area contributed by atoms with Crippen molar-refractivity contribution in [3.63, 3.8) is 0 Å². The molecular weight excluding hydrogens is 132 g/mol. The SMILES string of the molecule is O[Si](O)(O)O.[Ar]. The molecule has 0 heterocycles. The van der Waals surface area contributed by atoms with Crippen molar-refractivity contribution in [3.8, 4) is 0 Å². The molecule has 6 heteroatoms. The van der Waals surface area contributed by atoms with Crippen molar-refractivity contribution < 1.29 is 56.9 Å². The number of hydrogen-bond donors (Lipinski definition) is 4. The van der Waals surface area contributed by atoms with Gasteiger partial charge in [0.15, 0.2) is 0 Å². The molecule has 4 nitrogen and oxygen atoms in total. The molecule has 0 rings (SSSR count). The van der Waals surface area contributed by atoms with E-state index in [0.717, 1.165) is 0 Å². The third kappa shape index (κ3) is 57.1. The van der Waals surface area contributed by atoms with Crippen molar-refractivity contribution in [3.05, 3.63) is 0 Å². The van der Waals surface area contributed by atoms with Gasteiger partial charge in [0.25, 0.3) is 0 Å². The second-order valence-corrected chi connectivity index (χ2v) is 1.80. The quantitative estimate of drug-likeness (QED) is 0.275. The molecule has 0 spiro atoms. The van der Waals surface area contributed by atoms with E-state index in [1.54, 1.807) is 0 Å². The Morgan fingerprint density at radius 2 is 0.833 bits per heavy atom. The van der Waals surface area contributed by atoms with Gasteiger partial charge in [0.2, 0.25) is 0 Å². The van der Waals surface area contributed by atoms with Gasteiger partial charge in [0, 0.05) is 37.7 Å². The molecule has 0 aliphatic heterocycles. The molecule has 0 fully saturated rings. The van der Waals surface area contributed by atoms with Gasteiger partial charge in [-0.15, -0.1) is 0 Å². The molecule has 0 bridgehead atoms. The first-order chi connectivity index (χ1) is 2.00. The fraction of sp³-hybridized carbons (Fsp3) is 0. The van der Waals surface area contributed by atoms with Crippen molar-refractivity contribution in [1.82, 2.24) is 0 Å². The van der Waals surface area contributed by atoms with Gasteiger partial charge in [-0.05, 0) is 0 Å². The monoisotopic (exact) mass is 136 g/mol. The number of rotatable bonds is 0. The van der Waals surface area contributed by atoms with Crippen molar-refractivity contribution >= 4 is 9.05 Å². The van der Waals surface area contributed by atoms with Crippen molar-refractivity contribution in [2.45, 2.75) is 0 Å². The Kier molecular flexibility index (Phi) is 5.74. The van der Waals surface area contributed by atoms with Gasteiger partial charge in [0.05, 0.1) is 0 Å². The van der Waals surface area contributed by atoms with Gasteiger partial charge in [-0.3, -0.25) is 0 Å². The third-order valence-electron chi connectivity index (χ3n) is 0. The predicted octanol–water partition coefficient (Wildman–Crippen LogP) is -2.61.